The number of methoxy groups -OCH3 is 3. The maximum absolute atomic E-state index is 12.2. The number of hydrogen-bond acceptors (Lipinski definition) is 11. The summed E-state index contributed by atoms with van der Waals surface area (Å²) in [5.41, 5.74) is -0.0816. The smallest absolute Gasteiger partial charge is 0.468 e. The molecule has 1 atom stereocenters. The molecule has 0 aliphatic rings. The van der Waals surface area contributed by atoms with Crippen LogP contribution in [0.25, 0.3) is 0 Å². The van der Waals surface area contributed by atoms with Gasteiger partial charge in [-0.25, -0.2) is 9.59 Å². The zero-order chi connectivity index (χ0) is 24.3. The van der Waals surface area contributed by atoms with Crippen molar-refractivity contribution in [3.05, 3.63) is 23.8 Å². The topological polar surface area (TPSA) is 136 Å². The highest BCUT2D eigenvalue weighted by atomic mass is 16.7. The quantitative estimate of drug-likeness (QED) is 0.254. The van der Waals surface area contributed by atoms with Gasteiger partial charge in [0.05, 0.1) is 26.7 Å². The van der Waals surface area contributed by atoms with Crippen LogP contribution < -0.4 is 14.8 Å². The minimum Gasteiger partial charge on any atom is -0.468 e. The van der Waals surface area contributed by atoms with Gasteiger partial charge in [0.15, 0.2) is 11.5 Å². The summed E-state index contributed by atoms with van der Waals surface area (Å²) in [6.07, 6.45) is -1.90. The number of nitrogens with one attached hydrogen (secondary N) is 1. The summed E-state index contributed by atoms with van der Waals surface area (Å²) in [5.74, 6) is -1.10. The molecule has 0 amide bonds. The van der Waals surface area contributed by atoms with E-state index >= 15 is 0 Å². The average Bonchev–Trinajstić information content (AvgIpc) is 2.75. The van der Waals surface area contributed by atoms with Crippen LogP contribution in [0.4, 0.5) is 9.59 Å². The summed E-state index contributed by atoms with van der Waals surface area (Å²) < 4.78 is 28.9. The van der Waals surface area contributed by atoms with E-state index in [0.29, 0.717) is 5.56 Å². The largest absolute Gasteiger partial charge is 0.513 e. The predicted molar refractivity (Wildman–Crippen MR) is 110 cm³/mol. The second-order valence-corrected chi connectivity index (χ2v) is 7.51. The zero-order valence-electron chi connectivity index (χ0n) is 19.0. The number of ether oxygens (including phenoxy) is 6. The van der Waals surface area contributed by atoms with E-state index in [2.05, 4.69) is 14.8 Å². The first kappa shape index (κ1) is 26.7. The van der Waals surface area contributed by atoms with Crippen LogP contribution in [0.2, 0.25) is 0 Å². The summed E-state index contributed by atoms with van der Waals surface area (Å²) in [6.45, 7) is 5.48. The highest BCUT2D eigenvalue weighted by Crippen LogP contribution is 2.30. The number of carbonyl (C=O) groups is 4. The summed E-state index contributed by atoms with van der Waals surface area (Å²) in [4.78, 5) is 47.0. The number of hydrogen-bond donors (Lipinski definition) is 1. The first-order chi connectivity index (χ1) is 15.0. The lowest BCUT2D eigenvalue weighted by Gasteiger charge is -2.19. The molecule has 0 saturated carbocycles. The maximum atomic E-state index is 12.2. The molecule has 11 heteroatoms. The van der Waals surface area contributed by atoms with Gasteiger partial charge < -0.3 is 33.7 Å². The molecule has 0 aliphatic heterocycles. The Balaban J connectivity index is 2.92. The van der Waals surface area contributed by atoms with Crippen molar-refractivity contribution in [1.29, 1.82) is 0 Å². The van der Waals surface area contributed by atoms with E-state index < -0.39 is 29.7 Å². The Hall–Kier alpha value is -3.34. The van der Waals surface area contributed by atoms with Gasteiger partial charge in [0.25, 0.3) is 0 Å². The van der Waals surface area contributed by atoms with Crippen molar-refractivity contribution in [3.63, 3.8) is 0 Å². The van der Waals surface area contributed by atoms with Gasteiger partial charge in [-0.1, -0.05) is 6.07 Å². The molecule has 0 saturated heterocycles. The third kappa shape index (κ3) is 8.80. The second-order valence-electron chi connectivity index (χ2n) is 7.51. The lowest BCUT2D eigenvalue weighted by molar-refractivity contribution is -0.152. The first-order valence-corrected chi connectivity index (χ1v) is 9.64. The molecule has 178 valence electrons. The number of esters is 2. The van der Waals surface area contributed by atoms with Crippen LogP contribution in [0.3, 0.4) is 0 Å². The molecular formula is C21H29NO10. The van der Waals surface area contributed by atoms with Crippen LogP contribution in [0, 0.1) is 5.41 Å². The monoisotopic (exact) mass is 455 g/mol. The first-order valence-electron chi connectivity index (χ1n) is 9.64. The number of benzene rings is 1. The molecule has 0 unspecified atom stereocenters. The van der Waals surface area contributed by atoms with Crippen molar-refractivity contribution in [2.24, 2.45) is 5.41 Å². The molecule has 0 aliphatic carbocycles. The van der Waals surface area contributed by atoms with Crippen molar-refractivity contribution in [3.8, 4) is 11.5 Å². The fraction of sp³-hybridized carbons (Fsp3) is 0.524. The third-order valence-electron chi connectivity index (χ3n) is 3.99. The molecule has 1 aromatic carbocycles. The van der Waals surface area contributed by atoms with Crippen LogP contribution in [0.15, 0.2) is 18.2 Å². The number of carbonyl (C=O) groups excluding carboxylic acids is 4. The van der Waals surface area contributed by atoms with Gasteiger partial charge in [-0.05, 0) is 44.9 Å². The van der Waals surface area contributed by atoms with E-state index in [1.807, 2.05) is 0 Å². The van der Waals surface area contributed by atoms with E-state index in [1.54, 1.807) is 26.8 Å². The van der Waals surface area contributed by atoms with E-state index in [4.69, 9.17) is 18.9 Å². The Bertz CT molecular complexity index is 815. The fourth-order valence-electron chi connectivity index (χ4n) is 2.32. The standard InChI is InChI=1S/C21H29NO10/c1-21(2,3)18(24)30-10-9-22-14(17(23)27-4)11-13-7-8-15(31-19(25)28-5)16(12-13)32-20(26)29-6/h7-8,12,14,22H,9-11H2,1-6H3/t14-/m0/s1. The van der Waals surface area contributed by atoms with Crippen molar-refractivity contribution in [2.45, 2.75) is 33.2 Å². The Labute approximate surface area is 186 Å². The van der Waals surface area contributed by atoms with E-state index in [9.17, 15) is 19.2 Å². The zero-order valence-corrected chi connectivity index (χ0v) is 19.0. The molecule has 0 bridgehead atoms. The minimum atomic E-state index is -1.03. The lowest BCUT2D eigenvalue weighted by Crippen LogP contribution is -2.41. The highest BCUT2D eigenvalue weighted by molar-refractivity contribution is 5.76. The maximum Gasteiger partial charge on any atom is 0.513 e. The van der Waals surface area contributed by atoms with E-state index in [0.717, 1.165) is 14.2 Å². The van der Waals surface area contributed by atoms with Crippen LogP contribution in [-0.4, -0.2) is 64.8 Å². The number of rotatable bonds is 9. The third-order valence-corrected chi connectivity index (χ3v) is 3.99. The highest BCUT2D eigenvalue weighted by Gasteiger charge is 2.24. The second kappa shape index (κ2) is 12.5. The van der Waals surface area contributed by atoms with Gasteiger partial charge in [0.2, 0.25) is 0 Å². The molecule has 1 rings (SSSR count). The SMILES string of the molecule is COC(=O)Oc1ccc(C[C@H](NCCOC(=O)C(C)(C)C)C(=O)OC)cc1OC(=O)OC. The summed E-state index contributed by atoms with van der Waals surface area (Å²) >= 11 is 0. The molecule has 0 fully saturated rings. The molecule has 11 nitrogen and oxygen atoms in total. The van der Waals surface area contributed by atoms with Crippen molar-refractivity contribution in [1.82, 2.24) is 5.32 Å². The molecule has 0 aromatic heterocycles. The minimum absolute atomic E-state index is 0.0617. The van der Waals surface area contributed by atoms with Gasteiger partial charge in [-0.3, -0.25) is 9.59 Å². The molecule has 32 heavy (non-hydrogen) atoms. The predicted octanol–water partition coefficient (Wildman–Crippen LogP) is 2.24. The Morgan fingerprint density at radius 3 is 2.03 bits per heavy atom. The summed E-state index contributed by atoms with van der Waals surface area (Å²) in [5, 5.41) is 2.96. The van der Waals surface area contributed by atoms with Gasteiger partial charge in [-0.15, -0.1) is 0 Å². The van der Waals surface area contributed by atoms with E-state index in [-0.39, 0.29) is 37.0 Å². The Morgan fingerprint density at radius 1 is 0.906 bits per heavy atom. The Morgan fingerprint density at radius 2 is 1.50 bits per heavy atom. The fourth-order valence-corrected chi connectivity index (χ4v) is 2.32. The van der Waals surface area contributed by atoms with Crippen LogP contribution in [-0.2, 0) is 35.0 Å². The average molecular weight is 455 g/mol. The summed E-state index contributed by atoms with van der Waals surface area (Å²) in [7, 11) is 3.50. The van der Waals surface area contributed by atoms with Gasteiger partial charge in [0.1, 0.15) is 12.6 Å². The molecule has 0 spiro atoms. The molecule has 0 heterocycles. The van der Waals surface area contributed by atoms with Crippen LogP contribution in [0.1, 0.15) is 26.3 Å². The molecule has 1 N–H and O–H groups in total. The van der Waals surface area contributed by atoms with Crippen molar-refractivity contribution < 1.29 is 47.6 Å². The summed E-state index contributed by atoms with van der Waals surface area (Å²) in [6, 6.07) is 3.57. The molecular weight excluding hydrogens is 426 g/mol. The molecule has 1 aromatic rings. The van der Waals surface area contributed by atoms with Crippen LogP contribution >= 0.6 is 0 Å². The lowest BCUT2D eigenvalue weighted by atomic mass is 9.97. The van der Waals surface area contributed by atoms with Crippen LogP contribution in [0.5, 0.6) is 11.5 Å². The van der Waals surface area contributed by atoms with Crippen molar-refractivity contribution >= 4 is 24.2 Å². The Kier molecular flexibility index (Phi) is 10.4. The van der Waals surface area contributed by atoms with Gasteiger partial charge in [-0.2, -0.15) is 0 Å². The van der Waals surface area contributed by atoms with Gasteiger partial charge >= 0.3 is 24.2 Å². The van der Waals surface area contributed by atoms with E-state index in [1.165, 1.54) is 19.2 Å². The normalized spacial score (nSPS) is 11.7. The van der Waals surface area contributed by atoms with Crippen molar-refractivity contribution in [2.75, 3.05) is 34.5 Å². The van der Waals surface area contributed by atoms with Gasteiger partial charge in [0, 0.05) is 6.54 Å². The molecule has 0 radical (unpaired) electrons.